The minimum Gasteiger partial charge on any atom is -0.508 e. The van der Waals surface area contributed by atoms with Crippen LogP contribution in [0.4, 0.5) is 0 Å². The Labute approximate surface area is 180 Å². The molecule has 0 unspecified atom stereocenters. The molecule has 156 valence electrons. The molecule has 5 heteroatoms. The monoisotopic (exact) mass is 414 g/mol. The Hall–Kier alpha value is -3.99. The van der Waals surface area contributed by atoms with Gasteiger partial charge >= 0.3 is 5.97 Å². The van der Waals surface area contributed by atoms with Gasteiger partial charge in [-0.15, -0.1) is 0 Å². The van der Waals surface area contributed by atoms with Crippen molar-refractivity contribution in [2.75, 3.05) is 7.11 Å². The standard InChI is InChI=1S/C26H22O5/c1-3-25(28)30-20-8-10-21(11-9-20)31-26-23(17-5-4-6-19(27)15-17)13-7-18-16-22(29-2)12-14-24(18)26/h4-16,27H,3H2,1-2H3. The molecule has 0 saturated heterocycles. The minimum absolute atomic E-state index is 0.181. The fourth-order valence-electron chi connectivity index (χ4n) is 3.31. The van der Waals surface area contributed by atoms with Crippen LogP contribution in [0.1, 0.15) is 13.3 Å². The van der Waals surface area contributed by atoms with Crippen LogP contribution < -0.4 is 14.2 Å². The summed E-state index contributed by atoms with van der Waals surface area (Å²) >= 11 is 0. The Morgan fingerprint density at radius 2 is 1.61 bits per heavy atom. The maximum atomic E-state index is 11.5. The smallest absolute Gasteiger partial charge is 0.310 e. The highest BCUT2D eigenvalue weighted by atomic mass is 16.5. The molecule has 5 nitrogen and oxygen atoms in total. The molecule has 31 heavy (non-hydrogen) atoms. The summed E-state index contributed by atoms with van der Waals surface area (Å²) < 4.78 is 16.9. The molecular formula is C26H22O5. The van der Waals surface area contributed by atoms with Gasteiger partial charge in [-0.25, -0.2) is 0 Å². The van der Waals surface area contributed by atoms with Crippen LogP contribution in [0.15, 0.2) is 78.9 Å². The lowest BCUT2D eigenvalue weighted by Crippen LogP contribution is -2.05. The fourth-order valence-corrected chi connectivity index (χ4v) is 3.31. The second-order valence-electron chi connectivity index (χ2n) is 6.98. The molecule has 0 aromatic heterocycles. The molecule has 0 bridgehead atoms. The SMILES string of the molecule is CCC(=O)Oc1ccc(Oc2c(-c3cccc(O)c3)ccc3cc(OC)ccc23)cc1. The molecule has 0 aliphatic heterocycles. The van der Waals surface area contributed by atoms with E-state index in [1.54, 1.807) is 56.5 Å². The van der Waals surface area contributed by atoms with Gasteiger partial charge in [-0.3, -0.25) is 4.79 Å². The third-order valence-corrected chi connectivity index (χ3v) is 4.90. The maximum Gasteiger partial charge on any atom is 0.310 e. The predicted molar refractivity (Wildman–Crippen MR) is 120 cm³/mol. The summed E-state index contributed by atoms with van der Waals surface area (Å²) in [6.07, 6.45) is 0.311. The second kappa shape index (κ2) is 8.79. The van der Waals surface area contributed by atoms with Crippen LogP contribution in [0.5, 0.6) is 28.7 Å². The maximum absolute atomic E-state index is 11.5. The van der Waals surface area contributed by atoms with Crippen LogP contribution in [0.25, 0.3) is 21.9 Å². The number of hydrogen-bond acceptors (Lipinski definition) is 5. The summed E-state index contributed by atoms with van der Waals surface area (Å²) in [5, 5.41) is 11.8. The van der Waals surface area contributed by atoms with Gasteiger partial charge in [-0.2, -0.15) is 0 Å². The summed E-state index contributed by atoms with van der Waals surface area (Å²) in [5.41, 5.74) is 1.68. The third kappa shape index (κ3) is 4.46. The zero-order valence-electron chi connectivity index (χ0n) is 17.3. The Kier molecular flexibility index (Phi) is 5.76. The quantitative estimate of drug-likeness (QED) is 0.295. The van der Waals surface area contributed by atoms with E-state index in [4.69, 9.17) is 14.2 Å². The molecule has 0 saturated carbocycles. The van der Waals surface area contributed by atoms with E-state index in [1.165, 1.54) is 0 Å². The van der Waals surface area contributed by atoms with Crippen molar-refractivity contribution in [2.45, 2.75) is 13.3 Å². The highest BCUT2D eigenvalue weighted by Crippen LogP contribution is 2.41. The zero-order valence-corrected chi connectivity index (χ0v) is 17.3. The summed E-state index contributed by atoms with van der Waals surface area (Å²) in [7, 11) is 1.63. The molecule has 0 radical (unpaired) electrons. The Bertz CT molecular complexity index is 1230. The van der Waals surface area contributed by atoms with Gasteiger partial charge in [0.2, 0.25) is 0 Å². The first-order valence-corrected chi connectivity index (χ1v) is 9.96. The Balaban J connectivity index is 1.78. The lowest BCUT2D eigenvalue weighted by atomic mass is 9.99. The van der Waals surface area contributed by atoms with Gasteiger partial charge in [-0.1, -0.05) is 25.1 Å². The highest BCUT2D eigenvalue weighted by Gasteiger charge is 2.14. The molecule has 0 atom stereocenters. The molecule has 0 aliphatic rings. The van der Waals surface area contributed by atoms with Crippen LogP contribution in [-0.2, 0) is 4.79 Å². The fraction of sp³-hybridized carbons (Fsp3) is 0.115. The van der Waals surface area contributed by atoms with E-state index in [9.17, 15) is 9.90 Å². The van der Waals surface area contributed by atoms with Gasteiger partial charge in [0, 0.05) is 17.4 Å². The van der Waals surface area contributed by atoms with Crippen LogP contribution in [-0.4, -0.2) is 18.2 Å². The average Bonchev–Trinajstić information content (AvgIpc) is 2.80. The van der Waals surface area contributed by atoms with Crippen molar-refractivity contribution in [3.63, 3.8) is 0 Å². The van der Waals surface area contributed by atoms with Crippen molar-refractivity contribution < 1.29 is 24.1 Å². The number of benzene rings is 4. The van der Waals surface area contributed by atoms with Crippen LogP contribution >= 0.6 is 0 Å². The summed E-state index contributed by atoms with van der Waals surface area (Å²) in [4.78, 5) is 11.5. The van der Waals surface area contributed by atoms with Crippen molar-refractivity contribution >= 4 is 16.7 Å². The number of esters is 1. The van der Waals surface area contributed by atoms with Gasteiger partial charge in [0.05, 0.1) is 7.11 Å². The van der Waals surface area contributed by atoms with Crippen molar-refractivity contribution in [3.8, 4) is 39.9 Å². The number of rotatable bonds is 6. The topological polar surface area (TPSA) is 65.0 Å². The Morgan fingerprint density at radius 3 is 2.32 bits per heavy atom. The number of carbonyl (C=O) groups excluding carboxylic acids is 1. The lowest BCUT2D eigenvalue weighted by Gasteiger charge is -2.16. The number of fused-ring (bicyclic) bond motifs is 1. The first-order valence-electron chi connectivity index (χ1n) is 9.96. The van der Waals surface area contributed by atoms with Crippen molar-refractivity contribution in [2.24, 2.45) is 0 Å². The Morgan fingerprint density at radius 1 is 0.871 bits per heavy atom. The molecule has 0 aliphatic carbocycles. The van der Waals surface area contributed by atoms with E-state index < -0.39 is 0 Å². The zero-order chi connectivity index (χ0) is 21.8. The van der Waals surface area contributed by atoms with Gasteiger partial charge in [0.15, 0.2) is 0 Å². The molecule has 0 amide bonds. The highest BCUT2D eigenvalue weighted by molar-refractivity contribution is 5.96. The first kappa shape index (κ1) is 20.3. The predicted octanol–water partition coefficient (Wildman–Crippen LogP) is 6.33. The molecule has 0 heterocycles. The molecule has 4 rings (SSSR count). The molecule has 1 N–H and O–H groups in total. The molecular weight excluding hydrogens is 392 g/mol. The number of hydrogen-bond donors (Lipinski definition) is 1. The van der Waals surface area contributed by atoms with E-state index in [1.807, 2.05) is 36.4 Å². The van der Waals surface area contributed by atoms with Crippen molar-refractivity contribution in [3.05, 3.63) is 78.9 Å². The molecule has 0 spiro atoms. The largest absolute Gasteiger partial charge is 0.508 e. The third-order valence-electron chi connectivity index (χ3n) is 4.90. The van der Waals surface area contributed by atoms with E-state index in [2.05, 4.69) is 0 Å². The van der Waals surface area contributed by atoms with Crippen molar-refractivity contribution in [1.29, 1.82) is 0 Å². The number of aromatic hydroxyl groups is 1. The van der Waals surface area contributed by atoms with Crippen LogP contribution in [0.3, 0.4) is 0 Å². The van der Waals surface area contributed by atoms with Crippen molar-refractivity contribution in [1.82, 2.24) is 0 Å². The van der Waals surface area contributed by atoms with E-state index >= 15 is 0 Å². The number of phenolic OH excluding ortho intramolecular Hbond substituents is 1. The summed E-state index contributed by atoms with van der Waals surface area (Å²) in [5.74, 6) is 2.37. The van der Waals surface area contributed by atoms with Gasteiger partial charge < -0.3 is 19.3 Å². The van der Waals surface area contributed by atoms with Gasteiger partial charge in [0.25, 0.3) is 0 Å². The van der Waals surface area contributed by atoms with Gasteiger partial charge in [-0.05, 0) is 71.6 Å². The lowest BCUT2D eigenvalue weighted by molar-refractivity contribution is -0.134. The minimum atomic E-state index is -0.289. The molecule has 4 aromatic rings. The van der Waals surface area contributed by atoms with Crippen LogP contribution in [0.2, 0.25) is 0 Å². The summed E-state index contributed by atoms with van der Waals surface area (Å²) in [6, 6.07) is 23.7. The number of carbonyl (C=O) groups is 1. The van der Waals surface area contributed by atoms with E-state index in [0.29, 0.717) is 23.7 Å². The second-order valence-corrected chi connectivity index (χ2v) is 6.98. The van der Waals surface area contributed by atoms with Crippen LogP contribution in [0, 0.1) is 0 Å². The normalized spacial score (nSPS) is 10.6. The van der Waals surface area contributed by atoms with Gasteiger partial charge in [0.1, 0.15) is 28.7 Å². The average molecular weight is 414 g/mol. The van der Waals surface area contributed by atoms with E-state index in [-0.39, 0.29) is 11.7 Å². The number of methoxy groups -OCH3 is 1. The summed E-state index contributed by atoms with van der Waals surface area (Å²) in [6.45, 7) is 1.75. The molecule has 4 aromatic carbocycles. The molecule has 0 fully saturated rings. The van der Waals surface area contributed by atoms with E-state index in [0.717, 1.165) is 27.6 Å². The number of phenols is 1. The first-order chi connectivity index (χ1) is 15.1. The number of ether oxygens (including phenoxy) is 3.